The van der Waals surface area contributed by atoms with Crippen LogP contribution in [0.5, 0.6) is 0 Å². The summed E-state index contributed by atoms with van der Waals surface area (Å²) in [6.45, 7) is 0.724. The van der Waals surface area contributed by atoms with Gasteiger partial charge in [0.05, 0.1) is 0 Å². The standard InChI is InChI=1S/C11H13O3.C5H5.Fe/c1-3-10(12)14-11(13)8(2)9-6-4-5-7-9;1-2-4-5-3-1;/h4-8H,3H2,1-2H3;1-5H;. The molecule has 0 aromatic rings. The van der Waals surface area contributed by atoms with E-state index >= 15 is 0 Å². The first-order chi connectivity index (χ1) is 9.33. The van der Waals surface area contributed by atoms with Gasteiger partial charge >= 0.3 is 107 Å². The molecule has 4 heteroatoms. The van der Waals surface area contributed by atoms with Gasteiger partial charge in [0.2, 0.25) is 0 Å². The topological polar surface area (TPSA) is 43.4 Å². The van der Waals surface area contributed by atoms with Gasteiger partial charge in [0.1, 0.15) is 0 Å². The van der Waals surface area contributed by atoms with Crippen LogP contribution < -0.4 is 0 Å². The zero-order chi connectivity index (χ0) is 13.2. The van der Waals surface area contributed by atoms with Gasteiger partial charge < -0.3 is 0 Å². The van der Waals surface area contributed by atoms with Crippen LogP contribution >= 0.6 is 0 Å². The zero-order valence-corrected chi connectivity index (χ0v) is 12.7. The van der Waals surface area contributed by atoms with Crippen molar-refractivity contribution < 1.29 is 20.8 Å². The molecule has 0 N–H and O–H groups in total. The van der Waals surface area contributed by atoms with Crippen LogP contribution in [0.15, 0.2) is 0 Å². The normalized spacial score (nSPS) is 104. The van der Waals surface area contributed by atoms with Crippen molar-refractivity contribution >= 4 is 11.9 Å². The molecule has 0 amide bonds. The summed E-state index contributed by atoms with van der Waals surface area (Å²) in [6.07, 6.45) is 0.319. The van der Waals surface area contributed by atoms with Gasteiger partial charge in [-0.15, -0.1) is 0 Å². The van der Waals surface area contributed by atoms with E-state index in [2.05, 4.69) is 6.92 Å². The van der Waals surface area contributed by atoms with E-state index in [4.69, 9.17) is 4.74 Å². The second-order valence-electron chi connectivity index (χ2n) is 11.6. The molecule has 10 heterocycles. The molecule has 10 fully saturated rings. The Morgan fingerprint density at radius 2 is 1.55 bits per heavy atom. The van der Waals surface area contributed by atoms with Crippen molar-refractivity contribution in [3.63, 3.8) is 0 Å². The predicted molar refractivity (Wildman–Crippen MR) is 67.0 cm³/mol. The van der Waals surface area contributed by atoms with Crippen LogP contribution in [-0.2, 0) is 20.8 Å². The molecule has 10 aliphatic heterocycles. The fraction of sp³-hybridized carbons (Fsp3) is 0.875. The Morgan fingerprint density at radius 3 is 1.85 bits per heavy atom. The molecule has 0 radical (unpaired) electrons. The van der Waals surface area contributed by atoms with Crippen molar-refractivity contribution in [1.29, 1.82) is 0 Å². The average Bonchev–Trinajstić information content (AvgIpc) is 3.38. The van der Waals surface area contributed by atoms with E-state index in [9.17, 15) is 9.59 Å². The molecular weight excluding hydrogens is 296 g/mol. The quantitative estimate of drug-likeness (QED) is 0.451. The molecule has 108 valence electrons. The van der Waals surface area contributed by atoms with Crippen molar-refractivity contribution in [1.82, 2.24) is 0 Å². The molecule has 0 bridgehead atoms. The fourth-order valence-electron chi connectivity index (χ4n) is 18.0. The summed E-state index contributed by atoms with van der Waals surface area (Å²) in [5.41, 5.74) is 0. The molecular formula is C16H18FeO3. The Morgan fingerprint density at radius 1 is 1.05 bits per heavy atom. The van der Waals surface area contributed by atoms with Crippen LogP contribution in [0.3, 0.4) is 0 Å². The number of rotatable bonds is 3. The van der Waals surface area contributed by atoms with Gasteiger partial charge in [0.25, 0.3) is 0 Å². The molecule has 5 unspecified atom stereocenters. The molecule has 5 atom stereocenters. The Bertz CT molecular complexity index is 1020. The van der Waals surface area contributed by atoms with E-state index in [1.807, 2.05) is 0 Å². The second-order valence-corrected chi connectivity index (χ2v) is 35.2. The van der Waals surface area contributed by atoms with Gasteiger partial charge in [-0.2, -0.15) is 0 Å². The number of fused-ring (bicyclic) bond motifs is 10. The van der Waals surface area contributed by atoms with E-state index in [1.165, 1.54) is 33.7 Å². The van der Waals surface area contributed by atoms with Crippen LogP contribution in [0.1, 0.15) is 20.3 Å². The molecule has 3 nitrogen and oxygen atoms in total. The number of hydrogen-bond acceptors (Lipinski definition) is 3. The van der Waals surface area contributed by atoms with Gasteiger partial charge in [-0.1, -0.05) is 0 Å². The predicted octanol–water partition coefficient (Wildman–Crippen LogP) is 3.86. The molecule has 0 aromatic carbocycles. The second kappa shape index (κ2) is 0.740. The van der Waals surface area contributed by atoms with Gasteiger partial charge in [0, 0.05) is 0 Å². The van der Waals surface area contributed by atoms with Crippen molar-refractivity contribution in [2.75, 3.05) is 0 Å². The van der Waals surface area contributed by atoms with Crippen molar-refractivity contribution in [3.05, 3.63) is 0 Å². The number of carbonyl (C=O) groups excluding carboxylic acids is 2. The van der Waals surface area contributed by atoms with Gasteiger partial charge in [-0.3, -0.25) is 0 Å². The third-order valence-electron chi connectivity index (χ3n) is 16.3. The van der Waals surface area contributed by atoms with Crippen molar-refractivity contribution in [3.8, 4) is 0 Å². The maximum absolute atomic E-state index is 12.5. The molecule has 10 rings (SSSR count). The van der Waals surface area contributed by atoms with Gasteiger partial charge in [0.15, 0.2) is 0 Å². The number of hydrogen-bond donors (Lipinski definition) is 0. The van der Waals surface area contributed by atoms with Crippen molar-refractivity contribution in [2.24, 2.45) is 5.92 Å². The van der Waals surface area contributed by atoms with Crippen LogP contribution in [0.2, 0.25) is 47.7 Å². The van der Waals surface area contributed by atoms with Gasteiger partial charge in [-0.05, 0) is 0 Å². The SMILES string of the molecule is CCC(=O)OC(=O)C(C)[C]12[CH]3[CH]4[CH]5[CH]1[Fe]45321678[CH]2[CH]1[CH]6[CH]7[CH]28. The number of carbonyl (C=O) groups is 2. The summed E-state index contributed by atoms with van der Waals surface area (Å²) in [4.78, 5) is 34.9. The summed E-state index contributed by atoms with van der Waals surface area (Å²) in [7, 11) is 0. The Kier molecular flexibility index (Phi) is 0.308. The average molecular weight is 314 g/mol. The minimum atomic E-state index is -3.19. The maximum atomic E-state index is 12.5. The summed E-state index contributed by atoms with van der Waals surface area (Å²) >= 11 is 0. The number of esters is 2. The summed E-state index contributed by atoms with van der Waals surface area (Å²) < 4.78 is 5.68. The number of ether oxygens (including phenoxy) is 1. The molecule has 20 heavy (non-hydrogen) atoms. The third-order valence-corrected chi connectivity index (χ3v) is 59.1. The molecule has 10 aliphatic rings. The Balaban J connectivity index is 1.28. The van der Waals surface area contributed by atoms with E-state index in [0.29, 0.717) is 10.7 Å². The monoisotopic (exact) mass is 314 g/mol. The Labute approximate surface area is 107 Å². The molecule has 0 aromatic heterocycles. The van der Waals surface area contributed by atoms with Crippen LogP contribution in [0.25, 0.3) is 0 Å². The first-order valence-corrected chi connectivity index (χ1v) is 14.6. The zero-order valence-electron chi connectivity index (χ0n) is 11.6. The minimum absolute atomic E-state index is 0.0759. The van der Waals surface area contributed by atoms with Crippen molar-refractivity contribution in [2.45, 2.75) is 67.9 Å². The Hall–Kier alpha value is -0.341. The summed E-state index contributed by atoms with van der Waals surface area (Å²) in [6, 6.07) is 0. The fourth-order valence-corrected chi connectivity index (χ4v) is 93.8. The van der Waals surface area contributed by atoms with E-state index < -0.39 is 6.51 Å². The van der Waals surface area contributed by atoms with Crippen LogP contribution in [-0.4, -0.2) is 11.9 Å². The molecule has 0 saturated carbocycles. The molecule has 10 saturated heterocycles. The van der Waals surface area contributed by atoms with Gasteiger partial charge in [-0.25, -0.2) is 0 Å². The van der Waals surface area contributed by atoms with E-state index in [-0.39, 0.29) is 17.9 Å². The first-order valence-electron chi connectivity index (χ1n) is 8.29. The molecule has 0 aliphatic carbocycles. The van der Waals surface area contributed by atoms with Crippen LogP contribution in [0, 0.1) is 5.92 Å². The van der Waals surface area contributed by atoms with E-state index in [0.717, 1.165) is 9.63 Å². The first kappa shape index (κ1) is 8.33. The third kappa shape index (κ3) is 0.0937. The van der Waals surface area contributed by atoms with Crippen LogP contribution in [0.4, 0.5) is 0 Å². The summed E-state index contributed by atoms with van der Waals surface area (Å²) in [5.74, 6) is -0.398. The van der Waals surface area contributed by atoms with E-state index in [1.54, 1.807) is 6.92 Å². The summed E-state index contributed by atoms with van der Waals surface area (Å²) in [5, 5.41) is 0. The molecule has 1 spiro atoms.